The second kappa shape index (κ2) is 12.3. The molecule has 0 aliphatic carbocycles. The first kappa shape index (κ1) is 23.8. The first-order valence-electron chi connectivity index (χ1n) is 9.79. The topological polar surface area (TPSA) is 72.9 Å². The fourth-order valence-electron chi connectivity index (χ4n) is 3.21. The number of hydrogen-bond acceptors (Lipinski definition) is 4. The number of aromatic nitrogens is 1. The highest BCUT2D eigenvalue weighted by Crippen LogP contribution is 2.13. The zero-order valence-corrected chi connectivity index (χ0v) is 19.4. The third-order valence-corrected chi connectivity index (χ3v) is 4.86. The van der Waals surface area contributed by atoms with Crippen LogP contribution in [0.5, 0.6) is 0 Å². The van der Waals surface area contributed by atoms with Gasteiger partial charge in [0.25, 0.3) is 0 Å². The molecule has 1 fully saturated rings. The Kier molecular flexibility index (Phi) is 9.78. The zero-order chi connectivity index (χ0) is 20.5. The van der Waals surface area contributed by atoms with Crippen LogP contribution in [-0.4, -0.2) is 61.5 Å². The highest BCUT2D eigenvalue weighted by Gasteiger charge is 2.21. The van der Waals surface area contributed by atoms with Gasteiger partial charge >= 0.3 is 0 Å². The average molecular weight is 526 g/mol. The van der Waals surface area contributed by atoms with Crippen LogP contribution in [0.2, 0.25) is 0 Å². The third-order valence-electron chi connectivity index (χ3n) is 4.86. The van der Waals surface area contributed by atoms with Crippen molar-refractivity contribution in [2.45, 2.75) is 13.0 Å². The highest BCUT2D eigenvalue weighted by molar-refractivity contribution is 14.0. The maximum Gasteiger partial charge on any atom is 0.224 e. The number of piperazine rings is 1. The first-order chi connectivity index (χ1) is 14.2. The van der Waals surface area contributed by atoms with Gasteiger partial charge in [-0.05, 0) is 18.2 Å². The smallest absolute Gasteiger partial charge is 0.224 e. The second-order valence-electron chi connectivity index (χ2n) is 6.75. The maximum absolute atomic E-state index is 13.7. The molecule has 1 amide bonds. The van der Waals surface area contributed by atoms with Crippen molar-refractivity contribution < 1.29 is 9.18 Å². The molecule has 0 bridgehead atoms. The van der Waals surface area contributed by atoms with Gasteiger partial charge in [0, 0.05) is 64.5 Å². The van der Waals surface area contributed by atoms with E-state index in [-0.39, 0.29) is 35.7 Å². The lowest BCUT2D eigenvalue weighted by atomic mass is 10.2. The quantitative estimate of drug-likeness (QED) is 0.344. The summed E-state index contributed by atoms with van der Waals surface area (Å²) in [7, 11) is 1.65. The molecule has 1 aliphatic heterocycles. The molecule has 7 nitrogen and oxygen atoms in total. The van der Waals surface area contributed by atoms with Crippen molar-refractivity contribution in [1.82, 2.24) is 20.5 Å². The number of hydrogen-bond donors (Lipinski definition) is 2. The lowest BCUT2D eigenvalue weighted by Crippen LogP contribution is -2.49. The van der Waals surface area contributed by atoms with Crippen LogP contribution >= 0.6 is 24.0 Å². The third kappa shape index (κ3) is 6.82. The van der Waals surface area contributed by atoms with Gasteiger partial charge in [0.05, 0.1) is 0 Å². The minimum absolute atomic E-state index is 0. The molecular weight excluding hydrogens is 498 g/mol. The molecule has 0 saturated carbocycles. The van der Waals surface area contributed by atoms with Gasteiger partial charge in [0.2, 0.25) is 5.91 Å². The summed E-state index contributed by atoms with van der Waals surface area (Å²) in [6.45, 7) is 3.74. The number of nitrogens with zero attached hydrogens (tertiary/aromatic N) is 4. The standard InChI is InChI=1S/C21H27FN6O.HI/c1-23-21(26-16-17-6-2-3-7-18(17)22)25-11-9-20(29)28-14-12-27(13-15-28)19-8-4-5-10-24-19;/h2-8,10H,9,11-16H2,1H3,(H2,23,25,26);1H. The van der Waals surface area contributed by atoms with Crippen LogP contribution < -0.4 is 15.5 Å². The van der Waals surface area contributed by atoms with E-state index in [2.05, 4.69) is 25.5 Å². The molecule has 2 N–H and O–H groups in total. The minimum Gasteiger partial charge on any atom is -0.356 e. The van der Waals surface area contributed by atoms with Gasteiger partial charge in [-0.2, -0.15) is 0 Å². The van der Waals surface area contributed by atoms with Gasteiger partial charge < -0.3 is 20.4 Å². The molecular formula is C21H28FIN6O. The number of guanidine groups is 1. The summed E-state index contributed by atoms with van der Waals surface area (Å²) in [6.07, 6.45) is 2.16. The van der Waals surface area contributed by atoms with Crippen LogP contribution in [-0.2, 0) is 11.3 Å². The predicted octanol–water partition coefficient (Wildman–Crippen LogP) is 2.24. The van der Waals surface area contributed by atoms with Gasteiger partial charge in [-0.3, -0.25) is 9.79 Å². The molecule has 30 heavy (non-hydrogen) atoms. The van der Waals surface area contributed by atoms with Crippen LogP contribution in [0.15, 0.2) is 53.7 Å². The van der Waals surface area contributed by atoms with Crippen LogP contribution in [0.1, 0.15) is 12.0 Å². The van der Waals surface area contributed by atoms with Crippen LogP contribution in [0.25, 0.3) is 0 Å². The van der Waals surface area contributed by atoms with E-state index in [4.69, 9.17) is 0 Å². The monoisotopic (exact) mass is 526 g/mol. The molecule has 0 unspecified atom stereocenters. The molecule has 0 radical (unpaired) electrons. The van der Waals surface area contributed by atoms with Crippen molar-refractivity contribution in [3.63, 3.8) is 0 Å². The molecule has 1 saturated heterocycles. The fraction of sp³-hybridized carbons (Fsp3) is 0.381. The van der Waals surface area contributed by atoms with Crippen molar-refractivity contribution >= 4 is 41.7 Å². The number of anilines is 1. The van der Waals surface area contributed by atoms with E-state index in [0.717, 1.165) is 18.9 Å². The summed E-state index contributed by atoms with van der Waals surface area (Å²) < 4.78 is 13.7. The van der Waals surface area contributed by atoms with E-state index >= 15 is 0 Å². The Labute approximate surface area is 193 Å². The van der Waals surface area contributed by atoms with Crippen molar-refractivity contribution in [2.24, 2.45) is 4.99 Å². The van der Waals surface area contributed by atoms with Crippen LogP contribution in [0, 0.1) is 5.82 Å². The summed E-state index contributed by atoms with van der Waals surface area (Å²) in [6, 6.07) is 12.5. The maximum atomic E-state index is 13.7. The molecule has 0 spiro atoms. The van der Waals surface area contributed by atoms with Crippen molar-refractivity contribution in [1.29, 1.82) is 0 Å². The van der Waals surface area contributed by atoms with E-state index in [1.165, 1.54) is 6.07 Å². The number of amides is 1. The van der Waals surface area contributed by atoms with Gasteiger partial charge in [0.15, 0.2) is 5.96 Å². The Balaban J connectivity index is 0.00000320. The largest absolute Gasteiger partial charge is 0.356 e. The van der Waals surface area contributed by atoms with E-state index in [0.29, 0.717) is 44.1 Å². The van der Waals surface area contributed by atoms with Gasteiger partial charge in [-0.25, -0.2) is 9.37 Å². The Bertz CT molecular complexity index is 827. The molecule has 9 heteroatoms. The number of carbonyl (C=O) groups is 1. The van der Waals surface area contributed by atoms with Crippen LogP contribution in [0.3, 0.4) is 0 Å². The van der Waals surface area contributed by atoms with E-state index in [1.54, 1.807) is 31.4 Å². The molecule has 2 heterocycles. The number of carbonyl (C=O) groups excluding carboxylic acids is 1. The fourth-order valence-corrected chi connectivity index (χ4v) is 3.21. The normalized spacial score (nSPS) is 14.1. The van der Waals surface area contributed by atoms with E-state index < -0.39 is 0 Å². The summed E-state index contributed by atoms with van der Waals surface area (Å²) in [5, 5.41) is 6.18. The van der Waals surface area contributed by atoms with Gasteiger partial charge in [-0.1, -0.05) is 24.3 Å². The number of nitrogens with one attached hydrogen (secondary N) is 2. The molecule has 162 valence electrons. The Morgan fingerprint density at radius 2 is 1.83 bits per heavy atom. The number of benzene rings is 1. The van der Waals surface area contributed by atoms with Crippen molar-refractivity contribution in [3.05, 3.63) is 60.0 Å². The minimum atomic E-state index is -0.254. The average Bonchev–Trinajstić information content (AvgIpc) is 2.77. The van der Waals surface area contributed by atoms with E-state index in [9.17, 15) is 9.18 Å². The molecule has 1 aromatic heterocycles. The Morgan fingerprint density at radius 3 is 2.50 bits per heavy atom. The number of pyridine rings is 1. The molecule has 1 aliphatic rings. The number of aliphatic imine (C=N–C) groups is 1. The lowest BCUT2D eigenvalue weighted by molar-refractivity contribution is -0.131. The SMILES string of the molecule is CN=C(NCCC(=O)N1CCN(c2ccccn2)CC1)NCc1ccccc1F.I. The lowest BCUT2D eigenvalue weighted by Gasteiger charge is -2.35. The Morgan fingerprint density at radius 1 is 1.10 bits per heavy atom. The summed E-state index contributed by atoms with van der Waals surface area (Å²) >= 11 is 0. The summed E-state index contributed by atoms with van der Waals surface area (Å²) in [5.74, 6) is 1.35. The highest BCUT2D eigenvalue weighted by atomic mass is 127. The first-order valence-corrected chi connectivity index (χ1v) is 9.79. The summed E-state index contributed by atoms with van der Waals surface area (Å²) in [5.41, 5.74) is 0.567. The molecule has 1 aromatic carbocycles. The zero-order valence-electron chi connectivity index (χ0n) is 17.1. The van der Waals surface area contributed by atoms with E-state index in [1.807, 2.05) is 23.1 Å². The molecule has 3 rings (SSSR count). The van der Waals surface area contributed by atoms with Crippen molar-refractivity contribution in [3.8, 4) is 0 Å². The van der Waals surface area contributed by atoms with Gasteiger partial charge in [0.1, 0.15) is 11.6 Å². The predicted molar refractivity (Wildman–Crippen MR) is 128 cm³/mol. The van der Waals surface area contributed by atoms with Crippen molar-refractivity contribution in [2.75, 3.05) is 44.7 Å². The van der Waals surface area contributed by atoms with Crippen LogP contribution in [0.4, 0.5) is 10.2 Å². The summed E-state index contributed by atoms with van der Waals surface area (Å²) in [4.78, 5) is 25.0. The Hall–Kier alpha value is -2.43. The molecule has 2 aromatic rings. The second-order valence-corrected chi connectivity index (χ2v) is 6.75. The number of rotatable bonds is 6. The van der Waals surface area contributed by atoms with Gasteiger partial charge in [-0.15, -0.1) is 24.0 Å². The number of halogens is 2. The molecule has 0 atom stereocenters.